The second-order valence-electron chi connectivity index (χ2n) is 6.60. The Bertz CT molecular complexity index is 394. The van der Waals surface area contributed by atoms with E-state index < -0.39 is 23.0 Å². The fraction of sp³-hybridized carbons (Fsp3) is 0.929. The average Bonchev–Trinajstić information content (AvgIpc) is 2.89. The molecule has 1 aliphatic carbocycles. The summed E-state index contributed by atoms with van der Waals surface area (Å²) in [4.78, 5) is 12.4. The van der Waals surface area contributed by atoms with E-state index in [1.54, 1.807) is 0 Å². The van der Waals surface area contributed by atoms with Crippen LogP contribution in [0.4, 0.5) is 13.2 Å². The van der Waals surface area contributed by atoms with Crippen molar-refractivity contribution in [1.82, 2.24) is 10.6 Å². The zero-order chi connectivity index (χ0) is 15.7. The molecular formula is C14H23F3N2O2. The van der Waals surface area contributed by atoms with Crippen LogP contribution in [0.2, 0.25) is 0 Å². The first-order chi connectivity index (χ1) is 9.75. The van der Waals surface area contributed by atoms with Crippen LogP contribution in [-0.4, -0.2) is 42.4 Å². The van der Waals surface area contributed by atoms with Crippen LogP contribution in [0.25, 0.3) is 0 Å². The van der Waals surface area contributed by atoms with E-state index >= 15 is 0 Å². The summed E-state index contributed by atoms with van der Waals surface area (Å²) >= 11 is 0. The van der Waals surface area contributed by atoms with Gasteiger partial charge in [-0.05, 0) is 31.7 Å². The minimum absolute atomic E-state index is 0.176. The van der Waals surface area contributed by atoms with Gasteiger partial charge in [-0.1, -0.05) is 19.8 Å². The van der Waals surface area contributed by atoms with Crippen molar-refractivity contribution in [2.24, 2.45) is 11.3 Å². The third-order valence-corrected chi connectivity index (χ3v) is 4.91. The SMILES string of the molecule is CC1CCCC(CO)(NC(=O)C2(C(F)(F)F)CCNC2)C1. The van der Waals surface area contributed by atoms with E-state index in [9.17, 15) is 23.1 Å². The molecule has 0 spiro atoms. The Hall–Kier alpha value is -0.820. The molecule has 2 rings (SSSR count). The number of alkyl halides is 3. The topological polar surface area (TPSA) is 61.4 Å². The van der Waals surface area contributed by atoms with Crippen molar-refractivity contribution in [3.63, 3.8) is 0 Å². The Labute approximate surface area is 122 Å². The second kappa shape index (κ2) is 5.76. The number of aliphatic hydroxyl groups is 1. The van der Waals surface area contributed by atoms with Crippen LogP contribution in [0.15, 0.2) is 0 Å². The number of carbonyl (C=O) groups is 1. The first kappa shape index (κ1) is 16.5. The normalized spacial score (nSPS) is 37.5. The van der Waals surface area contributed by atoms with Gasteiger partial charge in [-0.2, -0.15) is 13.2 Å². The van der Waals surface area contributed by atoms with Gasteiger partial charge in [-0.15, -0.1) is 0 Å². The van der Waals surface area contributed by atoms with Gasteiger partial charge in [0.15, 0.2) is 5.41 Å². The molecule has 122 valence electrons. The molecule has 7 heteroatoms. The minimum Gasteiger partial charge on any atom is -0.394 e. The fourth-order valence-corrected chi connectivity index (χ4v) is 3.57. The summed E-state index contributed by atoms with van der Waals surface area (Å²) < 4.78 is 40.1. The average molecular weight is 308 g/mol. The Morgan fingerprint density at radius 1 is 1.43 bits per heavy atom. The highest BCUT2D eigenvalue weighted by molar-refractivity contribution is 5.85. The molecule has 3 N–H and O–H groups in total. The predicted octanol–water partition coefficient (Wildman–Crippen LogP) is 1.59. The molecule has 4 nitrogen and oxygen atoms in total. The van der Waals surface area contributed by atoms with Crippen molar-refractivity contribution in [2.45, 2.75) is 50.7 Å². The van der Waals surface area contributed by atoms with Crippen molar-refractivity contribution in [1.29, 1.82) is 0 Å². The molecule has 1 heterocycles. The van der Waals surface area contributed by atoms with Crippen molar-refractivity contribution < 1.29 is 23.1 Å². The number of aliphatic hydroxyl groups excluding tert-OH is 1. The maximum Gasteiger partial charge on any atom is 0.404 e. The number of carbonyl (C=O) groups excluding carboxylic acids is 1. The van der Waals surface area contributed by atoms with E-state index in [1.807, 2.05) is 6.92 Å². The van der Waals surface area contributed by atoms with Crippen LogP contribution in [0.1, 0.15) is 39.0 Å². The Morgan fingerprint density at radius 3 is 2.62 bits per heavy atom. The fourth-order valence-electron chi connectivity index (χ4n) is 3.57. The van der Waals surface area contributed by atoms with Crippen molar-refractivity contribution in [2.75, 3.05) is 19.7 Å². The summed E-state index contributed by atoms with van der Waals surface area (Å²) in [6.45, 7) is 1.46. The molecule has 0 bridgehead atoms. The summed E-state index contributed by atoms with van der Waals surface area (Å²) in [5.41, 5.74) is -3.27. The number of nitrogens with one attached hydrogen (secondary N) is 2. The molecule has 0 aromatic carbocycles. The van der Waals surface area contributed by atoms with Gasteiger partial charge in [-0.25, -0.2) is 0 Å². The standard InChI is InChI=1S/C14H23F3N2O2/c1-10-3-2-4-12(7-10,9-20)19-11(21)13(14(15,16)17)5-6-18-8-13/h10,18,20H,2-9H2,1H3,(H,19,21). The Kier molecular flexibility index (Phi) is 4.54. The van der Waals surface area contributed by atoms with Gasteiger partial charge in [0.2, 0.25) is 5.91 Å². The lowest BCUT2D eigenvalue weighted by Crippen LogP contribution is -2.61. The maximum absolute atomic E-state index is 13.4. The monoisotopic (exact) mass is 308 g/mol. The van der Waals surface area contributed by atoms with E-state index in [1.165, 1.54) is 0 Å². The molecule has 3 atom stereocenters. The summed E-state index contributed by atoms with van der Waals surface area (Å²) in [5, 5.41) is 14.8. The van der Waals surface area contributed by atoms with Crippen LogP contribution >= 0.6 is 0 Å². The van der Waals surface area contributed by atoms with E-state index in [2.05, 4.69) is 10.6 Å². The van der Waals surface area contributed by atoms with Gasteiger partial charge in [0, 0.05) is 6.54 Å². The molecule has 1 amide bonds. The Balaban J connectivity index is 2.18. The van der Waals surface area contributed by atoms with Crippen LogP contribution < -0.4 is 10.6 Å². The molecule has 2 aliphatic rings. The van der Waals surface area contributed by atoms with E-state index in [0.29, 0.717) is 12.8 Å². The van der Waals surface area contributed by atoms with Crippen LogP contribution in [0.5, 0.6) is 0 Å². The second-order valence-corrected chi connectivity index (χ2v) is 6.60. The van der Waals surface area contributed by atoms with Gasteiger partial charge >= 0.3 is 6.18 Å². The van der Waals surface area contributed by atoms with Crippen LogP contribution in [-0.2, 0) is 4.79 Å². The van der Waals surface area contributed by atoms with Crippen molar-refractivity contribution in [3.8, 4) is 0 Å². The smallest absolute Gasteiger partial charge is 0.394 e. The molecule has 0 aromatic rings. The Morgan fingerprint density at radius 2 is 2.14 bits per heavy atom. The molecule has 1 saturated carbocycles. The first-order valence-corrected chi connectivity index (χ1v) is 7.46. The highest BCUT2D eigenvalue weighted by Gasteiger charge is 2.62. The summed E-state index contributed by atoms with van der Waals surface area (Å²) in [5.74, 6) is -0.710. The van der Waals surface area contributed by atoms with Gasteiger partial charge in [0.25, 0.3) is 0 Å². The van der Waals surface area contributed by atoms with Gasteiger partial charge < -0.3 is 15.7 Å². The lowest BCUT2D eigenvalue weighted by molar-refractivity contribution is -0.217. The quantitative estimate of drug-likeness (QED) is 0.742. The number of rotatable bonds is 3. The van der Waals surface area contributed by atoms with Crippen LogP contribution in [0.3, 0.4) is 0 Å². The molecule has 21 heavy (non-hydrogen) atoms. The molecule has 0 aromatic heterocycles. The number of amides is 1. The number of hydrogen-bond acceptors (Lipinski definition) is 3. The highest BCUT2D eigenvalue weighted by Crippen LogP contribution is 2.44. The minimum atomic E-state index is -4.59. The van der Waals surface area contributed by atoms with Gasteiger partial charge in [0.05, 0.1) is 12.1 Å². The summed E-state index contributed by atoms with van der Waals surface area (Å²) in [6.07, 6.45) is -2.00. The maximum atomic E-state index is 13.4. The van der Waals surface area contributed by atoms with Crippen LogP contribution in [0, 0.1) is 11.3 Å². The van der Waals surface area contributed by atoms with E-state index in [-0.39, 0.29) is 32.0 Å². The zero-order valence-electron chi connectivity index (χ0n) is 12.2. The van der Waals surface area contributed by atoms with E-state index in [0.717, 1.165) is 12.8 Å². The molecule has 2 fully saturated rings. The highest BCUT2D eigenvalue weighted by atomic mass is 19.4. The van der Waals surface area contributed by atoms with E-state index in [4.69, 9.17) is 0 Å². The lowest BCUT2D eigenvalue weighted by Gasteiger charge is -2.42. The third-order valence-electron chi connectivity index (χ3n) is 4.91. The number of halogens is 3. The van der Waals surface area contributed by atoms with Gasteiger partial charge in [0.1, 0.15) is 0 Å². The molecular weight excluding hydrogens is 285 g/mol. The van der Waals surface area contributed by atoms with Crippen molar-refractivity contribution in [3.05, 3.63) is 0 Å². The lowest BCUT2D eigenvalue weighted by atomic mass is 9.75. The zero-order valence-corrected chi connectivity index (χ0v) is 12.2. The molecule has 1 saturated heterocycles. The number of hydrogen-bond donors (Lipinski definition) is 3. The summed E-state index contributed by atoms with van der Waals surface area (Å²) in [7, 11) is 0. The summed E-state index contributed by atoms with van der Waals surface area (Å²) in [6, 6.07) is 0. The predicted molar refractivity (Wildman–Crippen MR) is 71.6 cm³/mol. The molecule has 1 aliphatic heterocycles. The molecule has 0 radical (unpaired) electrons. The first-order valence-electron chi connectivity index (χ1n) is 7.46. The van der Waals surface area contributed by atoms with Gasteiger partial charge in [-0.3, -0.25) is 4.79 Å². The third kappa shape index (κ3) is 3.04. The largest absolute Gasteiger partial charge is 0.404 e. The molecule has 3 unspecified atom stereocenters. The van der Waals surface area contributed by atoms with Crippen molar-refractivity contribution >= 4 is 5.91 Å².